The Morgan fingerprint density at radius 1 is 0.952 bits per heavy atom. The zero-order valence-electron chi connectivity index (χ0n) is 11.7. The third kappa shape index (κ3) is 3.25. The Hall–Kier alpha value is -1.45. The maximum atomic E-state index is 12.6. The van der Waals surface area contributed by atoms with Gasteiger partial charge in [0.1, 0.15) is 0 Å². The summed E-state index contributed by atoms with van der Waals surface area (Å²) < 4.78 is 13.6. The van der Waals surface area contributed by atoms with Crippen LogP contribution in [0.2, 0.25) is 0 Å². The average Bonchev–Trinajstić information content (AvgIpc) is 2.49. The number of rotatable bonds is 3. The molecule has 0 saturated heterocycles. The molecular formula is C18H15BrOS. The van der Waals surface area contributed by atoms with Crippen molar-refractivity contribution < 1.29 is 4.21 Å². The molecule has 3 aromatic rings. The summed E-state index contributed by atoms with van der Waals surface area (Å²) in [6.45, 7) is 2.06. The minimum atomic E-state index is -1.02. The van der Waals surface area contributed by atoms with Crippen molar-refractivity contribution in [1.29, 1.82) is 0 Å². The lowest BCUT2D eigenvalue weighted by Crippen LogP contribution is -1.98. The van der Waals surface area contributed by atoms with Crippen molar-refractivity contribution in [2.75, 3.05) is 0 Å². The van der Waals surface area contributed by atoms with Gasteiger partial charge >= 0.3 is 0 Å². The van der Waals surface area contributed by atoms with E-state index in [1.165, 1.54) is 5.56 Å². The first-order chi connectivity index (χ1) is 10.1. The van der Waals surface area contributed by atoms with E-state index in [2.05, 4.69) is 35.0 Å². The molecule has 3 heteroatoms. The van der Waals surface area contributed by atoms with Crippen LogP contribution in [-0.2, 0) is 16.6 Å². The van der Waals surface area contributed by atoms with Crippen LogP contribution in [0.15, 0.2) is 70.0 Å². The Kier molecular flexibility index (Phi) is 4.22. The highest BCUT2D eigenvalue weighted by molar-refractivity contribution is 9.10. The van der Waals surface area contributed by atoms with Crippen LogP contribution in [0.1, 0.15) is 11.1 Å². The highest BCUT2D eigenvalue weighted by atomic mass is 79.9. The first kappa shape index (κ1) is 14.5. The van der Waals surface area contributed by atoms with Crippen molar-refractivity contribution in [2.24, 2.45) is 0 Å². The molecule has 1 nitrogen and oxygen atoms in total. The van der Waals surface area contributed by atoms with Crippen LogP contribution in [0.4, 0.5) is 0 Å². The van der Waals surface area contributed by atoms with Crippen molar-refractivity contribution >= 4 is 37.5 Å². The molecule has 0 fully saturated rings. The van der Waals surface area contributed by atoms with E-state index in [9.17, 15) is 4.21 Å². The number of benzene rings is 3. The molecule has 0 amide bonds. The minimum absolute atomic E-state index is 0.564. The summed E-state index contributed by atoms with van der Waals surface area (Å²) >= 11 is 3.47. The standard InChI is InChI=1S/C18H15BrOS/c1-13-4-2-3-5-16(13)12-21(20)18-9-7-14-10-17(19)8-6-15(14)11-18/h2-11H,12H2,1H3. The second-order valence-electron chi connectivity index (χ2n) is 5.07. The van der Waals surface area contributed by atoms with Crippen molar-refractivity contribution in [3.63, 3.8) is 0 Å². The monoisotopic (exact) mass is 358 g/mol. The van der Waals surface area contributed by atoms with E-state index in [1.54, 1.807) is 0 Å². The Labute approximate surface area is 135 Å². The van der Waals surface area contributed by atoms with Crippen LogP contribution in [0.25, 0.3) is 10.8 Å². The van der Waals surface area contributed by atoms with Gasteiger partial charge in [0, 0.05) is 9.37 Å². The van der Waals surface area contributed by atoms with Gasteiger partial charge in [-0.25, -0.2) is 0 Å². The van der Waals surface area contributed by atoms with Gasteiger partial charge in [-0.3, -0.25) is 4.21 Å². The summed E-state index contributed by atoms with van der Waals surface area (Å²) in [6, 6.07) is 20.3. The lowest BCUT2D eigenvalue weighted by Gasteiger charge is -2.07. The molecule has 0 N–H and O–H groups in total. The molecule has 3 aromatic carbocycles. The predicted octanol–water partition coefficient (Wildman–Crippen LogP) is 5.22. The first-order valence-electron chi connectivity index (χ1n) is 6.76. The zero-order chi connectivity index (χ0) is 14.8. The SMILES string of the molecule is Cc1ccccc1CS(=O)c1ccc2cc(Br)ccc2c1. The highest BCUT2D eigenvalue weighted by Gasteiger charge is 2.08. The van der Waals surface area contributed by atoms with Crippen molar-refractivity contribution in [1.82, 2.24) is 0 Å². The maximum Gasteiger partial charge on any atom is 0.0574 e. The van der Waals surface area contributed by atoms with E-state index in [4.69, 9.17) is 0 Å². The zero-order valence-corrected chi connectivity index (χ0v) is 14.1. The number of halogens is 1. The van der Waals surface area contributed by atoms with Gasteiger partial charge < -0.3 is 0 Å². The molecule has 106 valence electrons. The molecule has 0 aliphatic heterocycles. The third-order valence-corrected chi connectivity index (χ3v) is 5.43. The Morgan fingerprint density at radius 2 is 1.67 bits per heavy atom. The van der Waals surface area contributed by atoms with Crippen LogP contribution in [0, 0.1) is 6.92 Å². The van der Waals surface area contributed by atoms with Gasteiger partial charge in [-0.15, -0.1) is 0 Å². The topological polar surface area (TPSA) is 17.1 Å². The average molecular weight is 359 g/mol. The molecule has 0 spiro atoms. The molecule has 0 saturated carbocycles. The quantitative estimate of drug-likeness (QED) is 0.627. The van der Waals surface area contributed by atoms with Crippen LogP contribution >= 0.6 is 15.9 Å². The summed E-state index contributed by atoms with van der Waals surface area (Å²) in [5, 5.41) is 2.27. The van der Waals surface area contributed by atoms with Crippen molar-refractivity contribution in [2.45, 2.75) is 17.6 Å². The largest absolute Gasteiger partial charge is 0.254 e. The summed E-state index contributed by atoms with van der Waals surface area (Å²) in [6.07, 6.45) is 0. The Balaban J connectivity index is 1.91. The van der Waals surface area contributed by atoms with E-state index in [1.807, 2.05) is 48.5 Å². The van der Waals surface area contributed by atoms with Crippen LogP contribution < -0.4 is 0 Å². The number of hydrogen-bond acceptors (Lipinski definition) is 1. The second kappa shape index (κ2) is 6.12. The van der Waals surface area contributed by atoms with Gasteiger partial charge in [0.2, 0.25) is 0 Å². The predicted molar refractivity (Wildman–Crippen MR) is 92.9 cm³/mol. The van der Waals surface area contributed by atoms with Crippen molar-refractivity contribution in [3.8, 4) is 0 Å². The smallest absolute Gasteiger partial charge is 0.0574 e. The molecule has 0 aliphatic rings. The molecule has 21 heavy (non-hydrogen) atoms. The fraction of sp³-hybridized carbons (Fsp3) is 0.111. The fourth-order valence-corrected chi connectivity index (χ4v) is 3.96. The van der Waals surface area contributed by atoms with Gasteiger partial charge in [-0.1, -0.05) is 52.3 Å². The minimum Gasteiger partial charge on any atom is -0.254 e. The molecule has 1 unspecified atom stereocenters. The van der Waals surface area contributed by atoms with Crippen molar-refractivity contribution in [3.05, 3.63) is 76.3 Å². The summed E-state index contributed by atoms with van der Waals surface area (Å²) in [5.74, 6) is 0.564. The van der Waals surface area contributed by atoms with Gasteiger partial charge in [0.25, 0.3) is 0 Å². The maximum absolute atomic E-state index is 12.6. The normalized spacial score (nSPS) is 12.5. The Bertz CT molecular complexity index is 826. The van der Waals surface area contributed by atoms with E-state index in [-0.39, 0.29) is 0 Å². The number of aryl methyl sites for hydroxylation is 1. The van der Waals surface area contributed by atoms with Gasteiger partial charge in [0.05, 0.1) is 16.6 Å². The molecule has 0 heterocycles. The van der Waals surface area contributed by atoms with Crippen LogP contribution in [0.5, 0.6) is 0 Å². The van der Waals surface area contributed by atoms with Gasteiger partial charge in [-0.2, -0.15) is 0 Å². The van der Waals surface area contributed by atoms with Crippen LogP contribution in [0.3, 0.4) is 0 Å². The summed E-state index contributed by atoms with van der Waals surface area (Å²) in [7, 11) is -1.02. The molecule has 3 rings (SSSR count). The summed E-state index contributed by atoms with van der Waals surface area (Å²) in [5.41, 5.74) is 2.34. The molecule has 1 atom stereocenters. The Morgan fingerprint density at radius 3 is 2.48 bits per heavy atom. The number of fused-ring (bicyclic) bond motifs is 1. The number of hydrogen-bond donors (Lipinski definition) is 0. The molecule has 0 bridgehead atoms. The van der Waals surface area contributed by atoms with Gasteiger partial charge in [0.15, 0.2) is 0 Å². The van der Waals surface area contributed by atoms with E-state index < -0.39 is 10.8 Å². The highest BCUT2D eigenvalue weighted by Crippen LogP contribution is 2.23. The van der Waals surface area contributed by atoms with E-state index in [0.717, 1.165) is 25.7 Å². The van der Waals surface area contributed by atoms with E-state index >= 15 is 0 Å². The lowest BCUT2D eigenvalue weighted by atomic mass is 10.1. The molecule has 0 aliphatic carbocycles. The third-order valence-electron chi connectivity index (χ3n) is 3.58. The van der Waals surface area contributed by atoms with Crippen LogP contribution in [-0.4, -0.2) is 4.21 Å². The summed E-state index contributed by atoms with van der Waals surface area (Å²) in [4.78, 5) is 0.882. The molecule has 0 radical (unpaired) electrons. The lowest BCUT2D eigenvalue weighted by molar-refractivity contribution is 0.682. The fourth-order valence-electron chi connectivity index (χ4n) is 2.33. The second-order valence-corrected chi connectivity index (χ2v) is 7.44. The van der Waals surface area contributed by atoms with Gasteiger partial charge in [-0.05, 0) is 53.1 Å². The molecular weight excluding hydrogens is 344 g/mol. The van der Waals surface area contributed by atoms with E-state index in [0.29, 0.717) is 5.75 Å². The first-order valence-corrected chi connectivity index (χ1v) is 8.87. The molecule has 0 aromatic heterocycles.